The molecule has 1 aromatic carbocycles. The summed E-state index contributed by atoms with van der Waals surface area (Å²) in [6.07, 6.45) is 0.138. The van der Waals surface area contributed by atoms with Crippen LogP contribution in [0.2, 0.25) is 0 Å². The fourth-order valence-electron chi connectivity index (χ4n) is 3.66. The zero-order chi connectivity index (χ0) is 23.6. The van der Waals surface area contributed by atoms with Crippen molar-refractivity contribution >= 4 is 34.0 Å². The van der Waals surface area contributed by atoms with Gasteiger partial charge in [-0.15, -0.1) is 0 Å². The number of ether oxygens (including phenoxy) is 3. The molecule has 2 rings (SSSR count). The van der Waals surface area contributed by atoms with Gasteiger partial charge in [-0.05, 0) is 72.1 Å². The van der Waals surface area contributed by atoms with Gasteiger partial charge in [-0.3, -0.25) is 9.69 Å². The molecule has 8 heteroatoms. The van der Waals surface area contributed by atoms with E-state index in [0.717, 1.165) is 4.47 Å². The first kappa shape index (κ1) is 25.2. The number of hydrogen-bond donors (Lipinski definition) is 0. The Kier molecular flexibility index (Phi) is 7.79. The number of likely N-dealkylation sites (tertiary alicyclic amines) is 1. The summed E-state index contributed by atoms with van der Waals surface area (Å²) in [4.78, 5) is 40.3. The summed E-state index contributed by atoms with van der Waals surface area (Å²) in [6.45, 7) is 10.6. The molecule has 1 aliphatic rings. The van der Waals surface area contributed by atoms with Crippen molar-refractivity contribution in [2.75, 3.05) is 7.11 Å². The Hall–Kier alpha value is -2.09. The van der Waals surface area contributed by atoms with Gasteiger partial charge in [0.1, 0.15) is 23.2 Å². The van der Waals surface area contributed by atoms with Crippen molar-refractivity contribution in [3.63, 3.8) is 0 Å². The van der Waals surface area contributed by atoms with Crippen LogP contribution >= 0.6 is 15.9 Å². The zero-order valence-corrected chi connectivity index (χ0v) is 20.8. The van der Waals surface area contributed by atoms with Crippen molar-refractivity contribution in [1.82, 2.24) is 4.90 Å². The molecule has 0 unspecified atom stereocenters. The lowest BCUT2D eigenvalue weighted by molar-refractivity contribution is -0.161. The average Bonchev–Trinajstić information content (AvgIpc) is 3.05. The summed E-state index contributed by atoms with van der Waals surface area (Å²) in [5.41, 5.74) is -0.776. The van der Waals surface area contributed by atoms with Gasteiger partial charge in [-0.25, -0.2) is 9.59 Å². The van der Waals surface area contributed by atoms with Crippen molar-refractivity contribution in [2.45, 2.75) is 83.6 Å². The summed E-state index contributed by atoms with van der Waals surface area (Å²) in [7, 11) is 1.31. The van der Waals surface area contributed by atoms with Gasteiger partial charge in [-0.2, -0.15) is 0 Å². The molecule has 0 bridgehead atoms. The highest BCUT2D eigenvalue weighted by Crippen LogP contribution is 2.38. The summed E-state index contributed by atoms with van der Waals surface area (Å²) < 4.78 is 17.1. The lowest BCUT2D eigenvalue weighted by Gasteiger charge is -2.35. The highest BCUT2D eigenvalue weighted by Gasteiger charge is 2.49. The minimum absolute atomic E-state index is 0.364. The number of hydrogen-bond acceptors (Lipinski definition) is 6. The molecule has 3 atom stereocenters. The summed E-state index contributed by atoms with van der Waals surface area (Å²) in [5, 5.41) is 0. The van der Waals surface area contributed by atoms with Crippen LogP contribution in [-0.2, 0) is 23.8 Å². The molecule has 1 heterocycles. The maximum atomic E-state index is 13.2. The van der Waals surface area contributed by atoms with Crippen LogP contribution in [0, 0.1) is 0 Å². The molecule has 1 aromatic rings. The van der Waals surface area contributed by atoms with Gasteiger partial charge in [0, 0.05) is 4.47 Å². The number of halogens is 1. The number of rotatable bonds is 4. The maximum absolute atomic E-state index is 13.2. The molecule has 0 spiro atoms. The van der Waals surface area contributed by atoms with Crippen LogP contribution in [0.15, 0.2) is 28.7 Å². The van der Waals surface area contributed by atoms with Crippen LogP contribution in [0.5, 0.6) is 0 Å². The third kappa shape index (κ3) is 6.69. The Bertz CT molecular complexity index is 809. The first-order chi connectivity index (χ1) is 14.2. The van der Waals surface area contributed by atoms with Gasteiger partial charge in [0.15, 0.2) is 0 Å². The molecular formula is C23H32BrNO6. The Balaban J connectivity index is 2.48. The number of carbonyl (C=O) groups excluding carboxylic acids is 3. The second kappa shape index (κ2) is 9.59. The van der Waals surface area contributed by atoms with E-state index in [1.54, 1.807) is 53.7 Å². The minimum atomic E-state index is -0.846. The Labute approximate surface area is 192 Å². The molecule has 0 aromatic heterocycles. The lowest BCUT2D eigenvalue weighted by Crippen LogP contribution is -2.51. The van der Waals surface area contributed by atoms with E-state index in [9.17, 15) is 14.4 Å². The Morgan fingerprint density at radius 1 is 0.968 bits per heavy atom. The SMILES string of the molecule is COC(=O)[C@@H](c1ccc(Br)cc1)[C@H]1CC[C@H](C(=O)OC(C)(C)C)N1C(=O)OC(C)(C)C. The monoisotopic (exact) mass is 497 g/mol. The van der Waals surface area contributed by atoms with E-state index in [2.05, 4.69) is 15.9 Å². The van der Waals surface area contributed by atoms with E-state index in [4.69, 9.17) is 14.2 Å². The van der Waals surface area contributed by atoms with E-state index < -0.39 is 47.2 Å². The first-order valence-corrected chi connectivity index (χ1v) is 11.1. The second-order valence-corrected chi connectivity index (χ2v) is 10.5. The largest absolute Gasteiger partial charge is 0.468 e. The Morgan fingerprint density at radius 2 is 1.52 bits per heavy atom. The second-order valence-electron chi connectivity index (χ2n) is 9.63. The topological polar surface area (TPSA) is 82.1 Å². The predicted octanol–water partition coefficient (Wildman–Crippen LogP) is 4.82. The zero-order valence-electron chi connectivity index (χ0n) is 19.2. The third-order valence-corrected chi connectivity index (χ3v) is 5.31. The van der Waals surface area contributed by atoms with E-state index in [1.807, 2.05) is 12.1 Å². The first-order valence-electron chi connectivity index (χ1n) is 10.3. The van der Waals surface area contributed by atoms with Gasteiger partial charge < -0.3 is 14.2 Å². The number of benzene rings is 1. The van der Waals surface area contributed by atoms with E-state index in [0.29, 0.717) is 18.4 Å². The molecule has 0 aliphatic carbocycles. The van der Waals surface area contributed by atoms with Crippen LogP contribution < -0.4 is 0 Å². The molecule has 0 saturated carbocycles. The van der Waals surface area contributed by atoms with Crippen LogP contribution in [0.25, 0.3) is 0 Å². The van der Waals surface area contributed by atoms with Gasteiger partial charge >= 0.3 is 18.0 Å². The summed E-state index contributed by atoms with van der Waals surface area (Å²) in [5.74, 6) is -1.76. The molecule has 0 N–H and O–H groups in total. The molecule has 7 nitrogen and oxygen atoms in total. The predicted molar refractivity (Wildman–Crippen MR) is 120 cm³/mol. The molecule has 1 amide bonds. The number of nitrogens with zero attached hydrogens (tertiary/aromatic N) is 1. The van der Waals surface area contributed by atoms with Crippen LogP contribution in [0.4, 0.5) is 4.79 Å². The number of methoxy groups -OCH3 is 1. The average molecular weight is 498 g/mol. The van der Waals surface area contributed by atoms with Crippen LogP contribution in [0.3, 0.4) is 0 Å². The summed E-state index contributed by atoms with van der Waals surface area (Å²) >= 11 is 3.39. The van der Waals surface area contributed by atoms with Gasteiger partial charge in [0.25, 0.3) is 0 Å². The molecular weight excluding hydrogens is 466 g/mol. The number of carbonyl (C=O) groups is 3. The van der Waals surface area contributed by atoms with Crippen molar-refractivity contribution in [3.8, 4) is 0 Å². The van der Waals surface area contributed by atoms with E-state index >= 15 is 0 Å². The van der Waals surface area contributed by atoms with Crippen molar-refractivity contribution in [2.24, 2.45) is 0 Å². The van der Waals surface area contributed by atoms with E-state index in [1.165, 1.54) is 12.0 Å². The summed E-state index contributed by atoms with van der Waals surface area (Å²) in [6, 6.07) is 5.80. The number of amides is 1. The molecule has 31 heavy (non-hydrogen) atoms. The Morgan fingerprint density at radius 3 is 2.00 bits per heavy atom. The normalized spacial score (nSPS) is 20.2. The molecule has 1 aliphatic heterocycles. The maximum Gasteiger partial charge on any atom is 0.411 e. The minimum Gasteiger partial charge on any atom is -0.468 e. The highest BCUT2D eigenvalue weighted by molar-refractivity contribution is 9.10. The lowest BCUT2D eigenvalue weighted by atomic mass is 9.90. The van der Waals surface area contributed by atoms with Gasteiger partial charge in [-0.1, -0.05) is 28.1 Å². The van der Waals surface area contributed by atoms with E-state index in [-0.39, 0.29) is 0 Å². The molecule has 172 valence electrons. The van der Waals surface area contributed by atoms with Crippen molar-refractivity contribution in [3.05, 3.63) is 34.3 Å². The standard InChI is InChI=1S/C23H32BrNO6/c1-22(2,3)30-19(26)17-13-12-16(25(17)21(28)31-23(4,5)6)18(20(27)29-7)14-8-10-15(24)11-9-14/h8-11,16-18H,12-13H2,1-7H3/t16-,17-,18+/m1/s1. The van der Waals surface area contributed by atoms with Crippen LogP contribution in [0.1, 0.15) is 65.9 Å². The fourth-order valence-corrected chi connectivity index (χ4v) is 3.92. The number of esters is 2. The third-order valence-electron chi connectivity index (χ3n) is 4.78. The fraction of sp³-hybridized carbons (Fsp3) is 0.609. The molecule has 1 fully saturated rings. The smallest absolute Gasteiger partial charge is 0.411 e. The van der Waals surface area contributed by atoms with Gasteiger partial charge in [0.2, 0.25) is 0 Å². The van der Waals surface area contributed by atoms with Crippen molar-refractivity contribution < 1.29 is 28.6 Å². The van der Waals surface area contributed by atoms with Crippen LogP contribution in [-0.4, -0.2) is 53.3 Å². The van der Waals surface area contributed by atoms with Gasteiger partial charge in [0.05, 0.1) is 13.2 Å². The molecule has 1 saturated heterocycles. The van der Waals surface area contributed by atoms with Crippen molar-refractivity contribution in [1.29, 1.82) is 0 Å². The highest BCUT2D eigenvalue weighted by atomic mass is 79.9. The molecule has 0 radical (unpaired) electrons. The quantitative estimate of drug-likeness (QED) is 0.438.